The minimum atomic E-state index is -1.07. The number of hydrogen-bond acceptors (Lipinski definition) is 4. The summed E-state index contributed by atoms with van der Waals surface area (Å²) in [6, 6.07) is 13.7. The summed E-state index contributed by atoms with van der Waals surface area (Å²) in [5.41, 5.74) is 1.01. The van der Waals surface area contributed by atoms with Gasteiger partial charge in [0.05, 0.1) is 5.69 Å². The Morgan fingerprint density at radius 2 is 1.82 bits per heavy atom. The van der Waals surface area contributed by atoms with E-state index in [-0.39, 0.29) is 22.7 Å². The van der Waals surface area contributed by atoms with Gasteiger partial charge in [-0.15, -0.1) is 0 Å². The van der Waals surface area contributed by atoms with Crippen molar-refractivity contribution in [2.45, 2.75) is 13.0 Å². The van der Waals surface area contributed by atoms with Crippen LogP contribution in [0.5, 0.6) is 0 Å². The lowest BCUT2D eigenvalue weighted by Crippen LogP contribution is -2.19. The number of aromatic nitrogens is 2. The summed E-state index contributed by atoms with van der Waals surface area (Å²) in [6.45, 7) is 1.45. The summed E-state index contributed by atoms with van der Waals surface area (Å²) in [4.78, 5) is 36.4. The van der Waals surface area contributed by atoms with Crippen LogP contribution in [0.1, 0.15) is 39.4 Å². The molecule has 0 fully saturated rings. The summed E-state index contributed by atoms with van der Waals surface area (Å²) in [5, 5.41) is 16.0. The van der Waals surface area contributed by atoms with Crippen LogP contribution in [-0.2, 0) is 4.79 Å². The number of amides is 1. The van der Waals surface area contributed by atoms with Gasteiger partial charge in [-0.05, 0) is 31.2 Å². The fraction of sp³-hybridized carbons (Fsp3) is 0.100. The molecule has 3 aromatic rings. The van der Waals surface area contributed by atoms with E-state index in [0.717, 1.165) is 0 Å². The highest BCUT2D eigenvalue weighted by atomic mass is 35.5. The van der Waals surface area contributed by atoms with Gasteiger partial charge in [0.2, 0.25) is 0 Å². The van der Waals surface area contributed by atoms with Crippen LogP contribution in [0.4, 0.5) is 5.69 Å². The van der Waals surface area contributed by atoms with Crippen molar-refractivity contribution in [1.82, 2.24) is 9.78 Å². The lowest BCUT2D eigenvalue weighted by Gasteiger charge is -2.11. The van der Waals surface area contributed by atoms with Gasteiger partial charge in [0.15, 0.2) is 11.5 Å². The summed E-state index contributed by atoms with van der Waals surface area (Å²) in [6.07, 6.45) is 1.41. The number of carbonyl (C=O) groups is 3. The van der Waals surface area contributed by atoms with Gasteiger partial charge in [-0.1, -0.05) is 41.9 Å². The molecule has 8 heteroatoms. The Balaban J connectivity index is 1.88. The van der Waals surface area contributed by atoms with E-state index in [2.05, 4.69) is 10.4 Å². The van der Waals surface area contributed by atoms with Crippen molar-refractivity contribution >= 4 is 34.9 Å². The average Bonchev–Trinajstić information content (AvgIpc) is 3.19. The first-order valence-electron chi connectivity index (χ1n) is 8.35. The first-order valence-corrected chi connectivity index (χ1v) is 8.73. The highest BCUT2D eigenvalue weighted by Gasteiger charge is 2.20. The molecule has 28 heavy (non-hydrogen) atoms. The molecule has 1 heterocycles. The smallest absolute Gasteiger partial charge is 0.328 e. The second-order valence-electron chi connectivity index (χ2n) is 6.03. The third-order valence-electron chi connectivity index (χ3n) is 4.11. The number of aliphatic carboxylic acids is 1. The van der Waals surface area contributed by atoms with Gasteiger partial charge in [0, 0.05) is 22.3 Å². The molecule has 0 spiro atoms. The monoisotopic (exact) mass is 397 g/mol. The molecule has 0 saturated carbocycles. The normalized spacial score (nSPS) is 11.6. The van der Waals surface area contributed by atoms with Crippen LogP contribution in [-0.4, -0.2) is 32.5 Å². The van der Waals surface area contributed by atoms with E-state index in [1.807, 2.05) is 0 Å². The van der Waals surface area contributed by atoms with Crippen molar-refractivity contribution in [3.63, 3.8) is 0 Å². The molecule has 1 amide bonds. The SMILES string of the molecule is CC(C(=O)O)n1ccc(C(=O)Nc2ccc(Cl)cc2C(=O)c2ccccc2)n1. The lowest BCUT2D eigenvalue weighted by atomic mass is 10.0. The van der Waals surface area contributed by atoms with E-state index < -0.39 is 17.9 Å². The molecule has 0 aliphatic carbocycles. The Hall–Kier alpha value is -3.45. The van der Waals surface area contributed by atoms with E-state index in [9.17, 15) is 14.4 Å². The molecule has 1 atom stereocenters. The second-order valence-corrected chi connectivity index (χ2v) is 6.47. The zero-order valence-corrected chi connectivity index (χ0v) is 15.6. The molecule has 1 aromatic heterocycles. The fourth-order valence-electron chi connectivity index (χ4n) is 2.53. The topological polar surface area (TPSA) is 101 Å². The standard InChI is InChI=1S/C20H16ClN3O4/c1-12(20(27)28)24-10-9-17(23-24)19(26)22-16-8-7-14(21)11-15(16)18(25)13-5-3-2-4-6-13/h2-12H,1H3,(H,22,26)(H,27,28). The number of nitrogens with zero attached hydrogens (tertiary/aromatic N) is 2. The number of ketones is 1. The molecular weight excluding hydrogens is 382 g/mol. The van der Waals surface area contributed by atoms with Gasteiger partial charge in [-0.25, -0.2) is 4.79 Å². The van der Waals surface area contributed by atoms with E-state index >= 15 is 0 Å². The molecule has 2 N–H and O–H groups in total. The van der Waals surface area contributed by atoms with E-state index in [1.54, 1.807) is 36.4 Å². The number of anilines is 1. The van der Waals surface area contributed by atoms with Gasteiger partial charge in [0.25, 0.3) is 5.91 Å². The molecular formula is C20H16ClN3O4. The fourth-order valence-corrected chi connectivity index (χ4v) is 2.70. The maximum atomic E-state index is 12.8. The van der Waals surface area contributed by atoms with Crippen LogP contribution in [0.2, 0.25) is 5.02 Å². The van der Waals surface area contributed by atoms with Crippen LogP contribution < -0.4 is 5.32 Å². The van der Waals surface area contributed by atoms with Crippen molar-refractivity contribution in [2.75, 3.05) is 5.32 Å². The van der Waals surface area contributed by atoms with E-state index in [1.165, 1.54) is 36.0 Å². The quantitative estimate of drug-likeness (QED) is 0.618. The van der Waals surface area contributed by atoms with E-state index in [0.29, 0.717) is 10.6 Å². The number of carboxylic acids is 1. The van der Waals surface area contributed by atoms with Crippen molar-refractivity contribution in [3.8, 4) is 0 Å². The Kier molecular flexibility index (Phi) is 5.56. The predicted molar refractivity (Wildman–Crippen MR) is 104 cm³/mol. The van der Waals surface area contributed by atoms with Gasteiger partial charge in [0.1, 0.15) is 6.04 Å². The molecule has 0 bridgehead atoms. The predicted octanol–water partition coefficient (Wildman–Crippen LogP) is 3.67. The molecule has 1 unspecified atom stereocenters. The molecule has 7 nitrogen and oxygen atoms in total. The van der Waals surface area contributed by atoms with E-state index in [4.69, 9.17) is 16.7 Å². The van der Waals surface area contributed by atoms with Gasteiger partial charge >= 0.3 is 5.97 Å². The minimum Gasteiger partial charge on any atom is -0.480 e. The highest BCUT2D eigenvalue weighted by molar-refractivity contribution is 6.31. The van der Waals surface area contributed by atoms with Crippen LogP contribution in [0.25, 0.3) is 0 Å². The molecule has 142 valence electrons. The maximum Gasteiger partial charge on any atom is 0.328 e. The Labute approximate surface area is 165 Å². The van der Waals surface area contributed by atoms with Crippen molar-refractivity contribution < 1.29 is 19.5 Å². The zero-order chi connectivity index (χ0) is 20.3. The van der Waals surface area contributed by atoms with Gasteiger partial charge in [-0.2, -0.15) is 5.10 Å². The number of hydrogen-bond donors (Lipinski definition) is 2. The molecule has 0 aliphatic heterocycles. The molecule has 3 rings (SSSR count). The van der Waals surface area contributed by atoms with Crippen molar-refractivity contribution in [3.05, 3.63) is 82.6 Å². The average molecular weight is 398 g/mol. The largest absolute Gasteiger partial charge is 0.480 e. The number of nitrogens with one attached hydrogen (secondary N) is 1. The number of rotatable bonds is 6. The third-order valence-corrected chi connectivity index (χ3v) is 4.34. The molecule has 2 aromatic carbocycles. The number of carbonyl (C=O) groups excluding carboxylic acids is 2. The number of halogens is 1. The van der Waals surface area contributed by atoms with Crippen LogP contribution in [0.15, 0.2) is 60.8 Å². The summed E-state index contributed by atoms with van der Waals surface area (Å²) in [5.74, 6) is -1.92. The number of carboxylic acid groups (broad SMARTS) is 1. The van der Waals surface area contributed by atoms with Crippen LogP contribution in [0.3, 0.4) is 0 Å². The summed E-state index contributed by atoms with van der Waals surface area (Å²) >= 11 is 6.03. The number of benzene rings is 2. The molecule has 0 radical (unpaired) electrons. The molecule has 0 aliphatic rings. The molecule has 0 saturated heterocycles. The van der Waals surface area contributed by atoms with Crippen molar-refractivity contribution in [2.24, 2.45) is 0 Å². The lowest BCUT2D eigenvalue weighted by molar-refractivity contribution is -0.140. The summed E-state index contributed by atoms with van der Waals surface area (Å²) < 4.78 is 1.18. The first-order chi connectivity index (χ1) is 13.4. The Morgan fingerprint density at radius 3 is 2.50 bits per heavy atom. The van der Waals surface area contributed by atoms with Gasteiger partial charge < -0.3 is 10.4 Å². The zero-order valence-electron chi connectivity index (χ0n) is 14.8. The first kappa shape index (κ1) is 19.3. The van der Waals surface area contributed by atoms with Crippen LogP contribution >= 0.6 is 11.6 Å². The Morgan fingerprint density at radius 1 is 1.11 bits per heavy atom. The third kappa shape index (κ3) is 4.10. The Bertz CT molecular complexity index is 1050. The van der Waals surface area contributed by atoms with Gasteiger partial charge in [-0.3, -0.25) is 14.3 Å². The maximum absolute atomic E-state index is 12.8. The summed E-state index contributed by atoms with van der Waals surface area (Å²) in [7, 11) is 0. The van der Waals surface area contributed by atoms with Crippen LogP contribution in [0, 0.1) is 0 Å². The second kappa shape index (κ2) is 8.06. The highest BCUT2D eigenvalue weighted by Crippen LogP contribution is 2.24. The minimum absolute atomic E-state index is 0.0289. The van der Waals surface area contributed by atoms with Crippen molar-refractivity contribution in [1.29, 1.82) is 0 Å².